The molecule has 0 amide bonds. The molecule has 1 nitrogen and oxygen atoms in total. The molecule has 0 bridgehead atoms. The van der Waals surface area contributed by atoms with E-state index in [0.717, 1.165) is 6.20 Å². The van der Waals surface area contributed by atoms with Crippen LogP contribution in [0.4, 0.5) is 13.2 Å². The molecule has 1 aromatic heterocycles. The van der Waals surface area contributed by atoms with Gasteiger partial charge >= 0.3 is 6.18 Å². The Labute approximate surface area is 187 Å². The zero-order valence-electron chi connectivity index (χ0n) is 13.3. The van der Waals surface area contributed by atoms with Crippen molar-refractivity contribution in [1.82, 2.24) is 4.98 Å². The maximum Gasteiger partial charge on any atom is 0.433 e. The van der Waals surface area contributed by atoms with Gasteiger partial charge in [-0.25, -0.2) is 0 Å². The van der Waals surface area contributed by atoms with Crippen LogP contribution < -0.4 is 0 Å². The molecule has 0 spiro atoms. The lowest BCUT2D eigenvalue weighted by Crippen LogP contribution is -2.10. The second kappa shape index (κ2) is 8.10. The smallest absolute Gasteiger partial charge is 0.251 e. The van der Waals surface area contributed by atoms with Crippen molar-refractivity contribution in [1.29, 1.82) is 0 Å². The summed E-state index contributed by atoms with van der Waals surface area (Å²) >= 11 is 36.2. The van der Waals surface area contributed by atoms with Crippen molar-refractivity contribution in [2.75, 3.05) is 0 Å². The van der Waals surface area contributed by atoms with Crippen molar-refractivity contribution < 1.29 is 13.2 Å². The van der Waals surface area contributed by atoms with Crippen LogP contribution in [-0.2, 0) is 6.18 Å². The molecule has 0 unspecified atom stereocenters. The average Bonchev–Trinajstić information content (AvgIpc) is 2.63. The molecule has 1 heterocycles. The minimum absolute atomic E-state index is 0.0222. The van der Waals surface area contributed by atoms with Crippen LogP contribution in [0.25, 0.3) is 22.3 Å². The summed E-state index contributed by atoms with van der Waals surface area (Å²) in [5, 5.41) is 0.297. The van der Waals surface area contributed by atoms with Gasteiger partial charge in [-0.2, -0.15) is 13.2 Å². The Balaban J connectivity index is 2.31. The van der Waals surface area contributed by atoms with E-state index in [1.807, 2.05) is 0 Å². The molecule has 0 aliphatic carbocycles. The Kier molecular flexibility index (Phi) is 6.31. The van der Waals surface area contributed by atoms with Gasteiger partial charge in [0.15, 0.2) is 5.69 Å². The quantitative estimate of drug-likeness (QED) is 0.316. The summed E-state index contributed by atoms with van der Waals surface area (Å²) in [7, 11) is 0. The first-order valence-electron chi connectivity index (χ1n) is 7.37. The van der Waals surface area contributed by atoms with E-state index in [9.17, 15) is 13.2 Å². The highest BCUT2D eigenvalue weighted by molar-refractivity contribution is 6.50. The predicted molar refractivity (Wildman–Crippen MR) is 110 cm³/mol. The fourth-order valence-corrected chi connectivity index (χ4v) is 3.81. The lowest BCUT2D eigenvalue weighted by atomic mass is 9.98. The molecule has 0 radical (unpaired) electrons. The first-order chi connectivity index (χ1) is 13.0. The van der Waals surface area contributed by atoms with Crippen molar-refractivity contribution in [2.24, 2.45) is 0 Å². The fraction of sp³-hybridized carbons (Fsp3) is 0.0556. The summed E-state index contributed by atoms with van der Waals surface area (Å²) in [5.74, 6) is 0. The molecule has 28 heavy (non-hydrogen) atoms. The molecule has 3 rings (SSSR count). The highest BCUT2D eigenvalue weighted by Gasteiger charge is 2.36. The third-order valence-electron chi connectivity index (χ3n) is 3.83. The molecule has 0 aliphatic heterocycles. The van der Waals surface area contributed by atoms with Crippen molar-refractivity contribution in [2.45, 2.75) is 6.18 Å². The third-order valence-corrected chi connectivity index (χ3v) is 6.41. The molecule has 0 saturated carbocycles. The number of hydrogen-bond donors (Lipinski definition) is 0. The van der Waals surface area contributed by atoms with Crippen LogP contribution in [0.1, 0.15) is 5.69 Å². The highest BCUT2D eigenvalue weighted by atomic mass is 35.5. The Morgan fingerprint density at radius 2 is 1.14 bits per heavy atom. The van der Waals surface area contributed by atoms with E-state index < -0.39 is 11.9 Å². The number of benzene rings is 2. The average molecular weight is 506 g/mol. The lowest BCUT2D eigenvalue weighted by molar-refractivity contribution is -0.140. The summed E-state index contributed by atoms with van der Waals surface area (Å²) in [6.45, 7) is 0. The zero-order chi connectivity index (χ0) is 20.8. The van der Waals surface area contributed by atoms with Crippen LogP contribution in [0.5, 0.6) is 0 Å². The van der Waals surface area contributed by atoms with Crippen molar-refractivity contribution in [3.05, 3.63) is 72.4 Å². The Bertz CT molecular complexity index is 1080. The van der Waals surface area contributed by atoms with Crippen LogP contribution in [0.2, 0.25) is 30.1 Å². The van der Waals surface area contributed by atoms with Gasteiger partial charge in [-0.3, -0.25) is 4.98 Å². The molecule has 2 aromatic carbocycles. The van der Waals surface area contributed by atoms with Gasteiger partial charge in [0, 0.05) is 28.5 Å². The lowest BCUT2D eigenvalue weighted by Gasteiger charge is -2.16. The normalized spacial score (nSPS) is 11.8. The maximum atomic E-state index is 13.5. The van der Waals surface area contributed by atoms with Gasteiger partial charge in [-0.05, 0) is 18.2 Å². The number of alkyl halides is 3. The fourth-order valence-electron chi connectivity index (χ4n) is 2.53. The molecule has 3 aromatic rings. The molecule has 0 saturated heterocycles. The number of aromatic nitrogens is 1. The predicted octanol–water partition coefficient (Wildman–Crippen LogP) is 9.35. The van der Waals surface area contributed by atoms with E-state index in [2.05, 4.69) is 4.98 Å². The highest BCUT2D eigenvalue weighted by Crippen LogP contribution is 2.45. The van der Waals surface area contributed by atoms with Gasteiger partial charge in [0.1, 0.15) is 0 Å². The van der Waals surface area contributed by atoms with Crippen LogP contribution in [0.15, 0.2) is 36.5 Å². The zero-order valence-corrected chi connectivity index (χ0v) is 17.8. The van der Waals surface area contributed by atoms with Crippen LogP contribution in [-0.4, -0.2) is 4.98 Å². The van der Waals surface area contributed by atoms with E-state index in [0.29, 0.717) is 5.56 Å². The van der Waals surface area contributed by atoms with Crippen LogP contribution in [0, 0.1) is 0 Å². The third kappa shape index (κ3) is 4.04. The first kappa shape index (κ1) is 21.8. The van der Waals surface area contributed by atoms with E-state index in [1.54, 1.807) is 0 Å². The van der Waals surface area contributed by atoms with Gasteiger partial charge in [-0.1, -0.05) is 81.7 Å². The van der Waals surface area contributed by atoms with E-state index in [1.165, 1.54) is 30.3 Å². The van der Waals surface area contributed by atoms with Gasteiger partial charge in [0.05, 0.1) is 30.1 Å². The number of pyridine rings is 1. The monoisotopic (exact) mass is 503 g/mol. The van der Waals surface area contributed by atoms with Crippen molar-refractivity contribution >= 4 is 69.6 Å². The number of hydrogen-bond acceptors (Lipinski definition) is 1. The number of nitrogens with zero attached hydrogens (tertiary/aromatic N) is 1. The summed E-state index contributed by atoms with van der Waals surface area (Å²) in [4.78, 5) is 3.59. The molecule has 146 valence electrons. The maximum absolute atomic E-state index is 13.5. The molecule has 0 aliphatic rings. The summed E-state index contributed by atoms with van der Waals surface area (Å²) in [6.07, 6.45) is -3.69. The van der Waals surface area contributed by atoms with Crippen molar-refractivity contribution in [3.63, 3.8) is 0 Å². The summed E-state index contributed by atoms with van der Waals surface area (Å²) in [5.41, 5.74) is -0.749. The van der Waals surface area contributed by atoms with Gasteiger partial charge in [-0.15, -0.1) is 0 Å². The number of halogens is 9. The standard InChI is InChI=1S/C18H6Cl6F3N/c19-11-3-1-8(13(21)15(11)23)7-5-10(17(28-6-7)18(25,26)27)9-2-4-12(20)16(24)14(9)22/h1-6H. The number of rotatable bonds is 2. The minimum Gasteiger partial charge on any atom is -0.251 e. The minimum atomic E-state index is -4.73. The van der Waals surface area contributed by atoms with Gasteiger partial charge in [0.25, 0.3) is 0 Å². The van der Waals surface area contributed by atoms with E-state index in [-0.39, 0.29) is 46.8 Å². The topological polar surface area (TPSA) is 12.9 Å². The molecule has 0 fully saturated rings. The van der Waals surface area contributed by atoms with E-state index in [4.69, 9.17) is 69.6 Å². The van der Waals surface area contributed by atoms with Gasteiger partial charge < -0.3 is 0 Å². The second-order valence-corrected chi connectivity index (χ2v) is 7.89. The SMILES string of the molecule is FC(F)(F)c1ncc(-c2ccc(Cl)c(Cl)c2Cl)cc1-c1ccc(Cl)c(Cl)c1Cl. The van der Waals surface area contributed by atoms with Crippen LogP contribution >= 0.6 is 69.6 Å². The molecule has 0 atom stereocenters. The largest absolute Gasteiger partial charge is 0.433 e. The first-order valence-corrected chi connectivity index (χ1v) is 9.64. The van der Waals surface area contributed by atoms with Crippen LogP contribution in [0.3, 0.4) is 0 Å². The van der Waals surface area contributed by atoms with E-state index >= 15 is 0 Å². The van der Waals surface area contributed by atoms with Crippen molar-refractivity contribution in [3.8, 4) is 22.3 Å². The molecular weight excluding hydrogens is 500 g/mol. The Hall–Kier alpha value is -0.880. The Morgan fingerprint density at radius 3 is 1.68 bits per heavy atom. The molecule has 0 N–H and O–H groups in total. The molecular formula is C18H6Cl6F3N. The summed E-state index contributed by atoms with van der Waals surface area (Å²) < 4.78 is 40.6. The summed E-state index contributed by atoms with van der Waals surface area (Å²) in [6, 6.07) is 6.95. The second-order valence-electron chi connectivity index (χ2n) is 5.56. The van der Waals surface area contributed by atoms with Gasteiger partial charge in [0.2, 0.25) is 0 Å². The Morgan fingerprint density at radius 1 is 0.643 bits per heavy atom. The molecule has 10 heteroatoms.